The van der Waals surface area contributed by atoms with Crippen molar-refractivity contribution in [2.75, 3.05) is 0 Å². The van der Waals surface area contributed by atoms with E-state index in [9.17, 15) is 9.90 Å². The molecule has 0 aliphatic carbocycles. The molecule has 0 bridgehead atoms. The smallest absolute Gasteiger partial charge is 0.256 e. The van der Waals surface area contributed by atoms with Gasteiger partial charge in [0.2, 0.25) is 11.7 Å². The third-order valence-electron chi connectivity index (χ3n) is 1.68. The number of hydrogen-bond acceptors (Lipinski definition) is 4. The van der Waals surface area contributed by atoms with E-state index in [2.05, 4.69) is 15.1 Å². The van der Waals surface area contributed by atoms with Gasteiger partial charge in [0.25, 0.3) is 5.56 Å². The highest BCUT2D eigenvalue weighted by atomic mass is 16.3. The molecule has 2 aromatic heterocycles. The summed E-state index contributed by atoms with van der Waals surface area (Å²) in [5, 5.41) is 13.3. The van der Waals surface area contributed by atoms with Crippen LogP contribution in [0, 0.1) is 0 Å². The number of aromatic hydroxyl groups is 1. The van der Waals surface area contributed by atoms with Gasteiger partial charge < -0.3 is 5.11 Å². The fourth-order valence-electron chi connectivity index (χ4n) is 1.07. The van der Waals surface area contributed by atoms with Gasteiger partial charge in [-0.15, -0.1) is 5.10 Å². The Morgan fingerprint density at radius 1 is 1.69 bits per heavy atom. The second-order valence-electron chi connectivity index (χ2n) is 2.61. The zero-order valence-electron chi connectivity index (χ0n) is 6.98. The Morgan fingerprint density at radius 2 is 2.46 bits per heavy atom. The second kappa shape index (κ2) is 2.58. The molecule has 6 heteroatoms. The summed E-state index contributed by atoms with van der Waals surface area (Å²) in [6.07, 6.45) is 0.656. The lowest BCUT2D eigenvalue weighted by atomic mass is 10.5. The molecule has 2 heterocycles. The largest absolute Gasteiger partial charge is 0.493 e. The molecule has 13 heavy (non-hydrogen) atoms. The molecule has 0 radical (unpaired) electrons. The van der Waals surface area contributed by atoms with Crippen LogP contribution in [0.4, 0.5) is 0 Å². The summed E-state index contributed by atoms with van der Waals surface area (Å²) in [6, 6.07) is 1.06. The molecule has 0 aliphatic rings. The van der Waals surface area contributed by atoms with Crippen molar-refractivity contribution in [2.24, 2.45) is 0 Å². The molecule has 0 atom stereocenters. The lowest BCUT2D eigenvalue weighted by molar-refractivity contribution is 0.433. The Morgan fingerprint density at radius 3 is 3.15 bits per heavy atom. The quantitative estimate of drug-likeness (QED) is 0.630. The summed E-state index contributed by atoms with van der Waals surface area (Å²) >= 11 is 0. The normalized spacial score (nSPS) is 10.8. The van der Waals surface area contributed by atoms with Crippen molar-refractivity contribution in [3.8, 4) is 5.88 Å². The molecule has 68 valence electrons. The summed E-state index contributed by atoms with van der Waals surface area (Å²) in [5.41, 5.74) is -0.389. The second-order valence-corrected chi connectivity index (χ2v) is 2.61. The monoisotopic (exact) mass is 180 g/mol. The van der Waals surface area contributed by atoms with Crippen LogP contribution in [-0.2, 0) is 6.42 Å². The predicted octanol–water partition coefficient (Wildman–Crippen LogP) is -0.314. The maximum atomic E-state index is 10.9. The summed E-state index contributed by atoms with van der Waals surface area (Å²) in [7, 11) is 0. The lowest BCUT2D eigenvalue weighted by Gasteiger charge is -1.92. The van der Waals surface area contributed by atoms with Crippen molar-refractivity contribution in [3.63, 3.8) is 0 Å². The standard InChI is InChI=1S/C7H8N4O2/c1-2-4-8-7-9-5(12)3-6(13)11(7)10-4/h3,13H,2H2,1H3,(H,8,9,10,12). The minimum Gasteiger partial charge on any atom is -0.493 e. The van der Waals surface area contributed by atoms with E-state index in [0.29, 0.717) is 12.2 Å². The van der Waals surface area contributed by atoms with E-state index in [-0.39, 0.29) is 17.2 Å². The van der Waals surface area contributed by atoms with E-state index in [1.807, 2.05) is 6.92 Å². The van der Waals surface area contributed by atoms with Crippen LogP contribution >= 0.6 is 0 Å². The third kappa shape index (κ3) is 1.16. The van der Waals surface area contributed by atoms with Crippen molar-refractivity contribution in [1.82, 2.24) is 19.6 Å². The van der Waals surface area contributed by atoms with Gasteiger partial charge in [0, 0.05) is 6.42 Å². The molecule has 0 fully saturated rings. The van der Waals surface area contributed by atoms with Gasteiger partial charge in [-0.2, -0.15) is 9.50 Å². The fraction of sp³-hybridized carbons (Fsp3) is 0.286. The van der Waals surface area contributed by atoms with Gasteiger partial charge in [-0.25, -0.2) is 0 Å². The number of H-pyrrole nitrogens is 1. The fourth-order valence-corrected chi connectivity index (χ4v) is 1.07. The number of nitrogens with one attached hydrogen (secondary N) is 1. The summed E-state index contributed by atoms with van der Waals surface area (Å²) in [4.78, 5) is 17.4. The van der Waals surface area contributed by atoms with Crippen LogP contribution < -0.4 is 5.56 Å². The van der Waals surface area contributed by atoms with Crippen LogP contribution in [-0.4, -0.2) is 24.7 Å². The van der Waals surface area contributed by atoms with Crippen molar-refractivity contribution in [3.05, 3.63) is 22.2 Å². The summed E-state index contributed by atoms with van der Waals surface area (Å²) in [5.74, 6) is 0.643. The number of hydrogen-bond donors (Lipinski definition) is 2. The molecule has 0 amide bonds. The van der Waals surface area contributed by atoms with Gasteiger partial charge in [-0.1, -0.05) is 6.92 Å². The molecule has 0 unspecified atom stereocenters. The molecule has 2 N–H and O–H groups in total. The van der Waals surface area contributed by atoms with E-state index in [1.54, 1.807) is 0 Å². The number of fused-ring (bicyclic) bond motifs is 1. The highest BCUT2D eigenvalue weighted by molar-refractivity contribution is 5.30. The molecule has 0 saturated heterocycles. The average Bonchev–Trinajstić information content (AvgIpc) is 2.47. The van der Waals surface area contributed by atoms with Crippen molar-refractivity contribution < 1.29 is 5.11 Å². The summed E-state index contributed by atoms with van der Waals surface area (Å²) in [6.45, 7) is 1.89. The van der Waals surface area contributed by atoms with Crippen molar-refractivity contribution in [2.45, 2.75) is 13.3 Å². The van der Waals surface area contributed by atoms with Crippen LogP contribution in [0.1, 0.15) is 12.7 Å². The first-order chi connectivity index (χ1) is 6.20. The van der Waals surface area contributed by atoms with Crippen molar-refractivity contribution >= 4 is 5.78 Å². The number of aryl methyl sites for hydroxylation is 1. The Kier molecular flexibility index (Phi) is 1.54. The molecule has 2 aromatic rings. The first-order valence-corrected chi connectivity index (χ1v) is 3.88. The van der Waals surface area contributed by atoms with Gasteiger partial charge in [0.1, 0.15) is 0 Å². The highest BCUT2D eigenvalue weighted by Crippen LogP contribution is 2.05. The van der Waals surface area contributed by atoms with Gasteiger partial charge >= 0.3 is 0 Å². The van der Waals surface area contributed by atoms with E-state index < -0.39 is 0 Å². The molecule has 0 saturated carbocycles. The van der Waals surface area contributed by atoms with Gasteiger partial charge in [0.15, 0.2) is 5.82 Å². The zero-order chi connectivity index (χ0) is 9.42. The topological polar surface area (TPSA) is 83.3 Å². The highest BCUT2D eigenvalue weighted by Gasteiger charge is 2.05. The molecule has 0 aromatic carbocycles. The maximum Gasteiger partial charge on any atom is 0.256 e. The van der Waals surface area contributed by atoms with Crippen LogP contribution in [0.25, 0.3) is 5.78 Å². The van der Waals surface area contributed by atoms with E-state index in [0.717, 1.165) is 6.07 Å². The Bertz CT molecular complexity index is 499. The molecule has 6 nitrogen and oxygen atoms in total. The number of aromatic nitrogens is 4. The van der Waals surface area contributed by atoms with Crippen LogP contribution in [0.2, 0.25) is 0 Å². The number of aromatic amines is 1. The molecule has 2 rings (SSSR count). The zero-order valence-corrected chi connectivity index (χ0v) is 6.98. The van der Waals surface area contributed by atoms with Crippen molar-refractivity contribution in [1.29, 1.82) is 0 Å². The molecule has 0 spiro atoms. The average molecular weight is 180 g/mol. The SMILES string of the molecule is CCc1nc2[nH]c(=O)cc(O)n2n1. The van der Waals surface area contributed by atoms with Gasteiger partial charge in [-0.05, 0) is 0 Å². The minimum absolute atomic E-state index is 0.203. The number of nitrogens with zero attached hydrogens (tertiary/aromatic N) is 3. The third-order valence-corrected chi connectivity index (χ3v) is 1.68. The maximum absolute atomic E-state index is 10.9. The Balaban J connectivity index is 2.83. The van der Waals surface area contributed by atoms with E-state index in [1.165, 1.54) is 4.52 Å². The molecular weight excluding hydrogens is 172 g/mol. The number of rotatable bonds is 1. The predicted molar refractivity (Wildman–Crippen MR) is 44.7 cm³/mol. The van der Waals surface area contributed by atoms with Crippen LogP contribution in [0.3, 0.4) is 0 Å². The van der Waals surface area contributed by atoms with E-state index in [4.69, 9.17) is 0 Å². The van der Waals surface area contributed by atoms with Gasteiger partial charge in [0.05, 0.1) is 6.07 Å². The minimum atomic E-state index is -0.389. The van der Waals surface area contributed by atoms with Crippen LogP contribution in [0.15, 0.2) is 10.9 Å². The van der Waals surface area contributed by atoms with E-state index >= 15 is 0 Å². The first kappa shape index (κ1) is 7.78. The first-order valence-electron chi connectivity index (χ1n) is 3.88. The lowest BCUT2D eigenvalue weighted by Crippen LogP contribution is -2.07. The Hall–Kier alpha value is -1.85. The summed E-state index contributed by atoms with van der Waals surface area (Å²) < 4.78 is 1.19. The molecule has 0 aliphatic heterocycles. The Labute approximate surface area is 72.9 Å². The molecular formula is C7H8N4O2. The van der Waals surface area contributed by atoms with Gasteiger partial charge in [-0.3, -0.25) is 9.78 Å². The van der Waals surface area contributed by atoms with Crippen LogP contribution in [0.5, 0.6) is 5.88 Å².